The number of aryl methyl sites for hydroxylation is 3. The maximum atomic E-state index is 13.7. The van der Waals surface area contributed by atoms with Crippen molar-refractivity contribution in [2.45, 2.75) is 40.4 Å². The molecule has 2 aromatic heterocycles. The van der Waals surface area contributed by atoms with Crippen molar-refractivity contribution in [1.82, 2.24) is 15.0 Å². The average molecular weight is 576 g/mol. The van der Waals surface area contributed by atoms with Crippen molar-refractivity contribution in [3.8, 4) is 0 Å². The first-order valence-electron chi connectivity index (χ1n) is 13.2. The van der Waals surface area contributed by atoms with Crippen LogP contribution in [0.1, 0.15) is 45.4 Å². The number of amides is 3. The van der Waals surface area contributed by atoms with Crippen LogP contribution >= 0.6 is 0 Å². The summed E-state index contributed by atoms with van der Waals surface area (Å²) in [4.78, 5) is 43.1. The minimum atomic E-state index is -4.57. The summed E-state index contributed by atoms with van der Waals surface area (Å²) in [6, 6.07) is 12.7. The Balaban J connectivity index is 1.40. The first kappa shape index (κ1) is 28.5. The summed E-state index contributed by atoms with van der Waals surface area (Å²) in [7, 11) is 0. The number of urea groups is 1. The highest BCUT2D eigenvalue weighted by Gasteiger charge is 2.33. The smallest absolute Gasteiger partial charge is 0.323 e. The lowest BCUT2D eigenvalue weighted by atomic mass is 10.1. The number of alkyl halides is 3. The molecule has 3 amide bonds. The summed E-state index contributed by atoms with van der Waals surface area (Å²) < 4.78 is 39.4. The van der Waals surface area contributed by atoms with Gasteiger partial charge in [-0.15, -0.1) is 0 Å². The van der Waals surface area contributed by atoms with Crippen LogP contribution in [0.5, 0.6) is 0 Å². The van der Waals surface area contributed by atoms with Gasteiger partial charge in [0.05, 0.1) is 29.2 Å². The lowest BCUT2D eigenvalue weighted by Gasteiger charge is -2.36. The van der Waals surface area contributed by atoms with E-state index in [2.05, 4.69) is 25.6 Å². The zero-order valence-electron chi connectivity index (χ0n) is 23.4. The van der Waals surface area contributed by atoms with E-state index in [4.69, 9.17) is 0 Å². The Bertz CT molecular complexity index is 1690. The Morgan fingerprint density at radius 2 is 1.81 bits per heavy atom. The maximum absolute atomic E-state index is 13.7. The Hall–Kier alpha value is -5.00. The Morgan fingerprint density at radius 1 is 1.02 bits per heavy atom. The van der Waals surface area contributed by atoms with Crippen molar-refractivity contribution >= 4 is 40.8 Å². The van der Waals surface area contributed by atoms with Crippen molar-refractivity contribution in [2.24, 2.45) is 0 Å². The van der Waals surface area contributed by atoms with Gasteiger partial charge in [0.2, 0.25) is 5.95 Å². The number of benzene rings is 2. The third-order valence-electron chi connectivity index (χ3n) is 6.89. The summed E-state index contributed by atoms with van der Waals surface area (Å²) in [5, 5.41) is 5.82. The second kappa shape index (κ2) is 11.1. The minimum absolute atomic E-state index is 0.134. The predicted molar refractivity (Wildman–Crippen MR) is 154 cm³/mol. The Morgan fingerprint density at radius 3 is 2.52 bits per heavy atom. The third-order valence-corrected chi connectivity index (χ3v) is 6.89. The van der Waals surface area contributed by atoms with Gasteiger partial charge in [0, 0.05) is 35.2 Å². The second-order valence-electron chi connectivity index (χ2n) is 9.90. The van der Waals surface area contributed by atoms with Gasteiger partial charge in [0.15, 0.2) is 0 Å². The molecule has 12 heteroatoms. The van der Waals surface area contributed by atoms with Gasteiger partial charge in [0.25, 0.3) is 5.91 Å². The number of pyridine rings is 1. The fourth-order valence-electron chi connectivity index (χ4n) is 4.71. The molecule has 42 heavy (non-hydrogen) atoms. The van der Waals surface area contributed by atoms with Crippen LogP contribution in [0, 0.1) is 20.8 Å². The fraction of sp³-hybridized carbons (Fsp3) is 0.233. The Kier molecular flexibility index (Phi) is 7.55. The molecule has 4 aromatic rings. The Labute approximate surface area is 240 Å². The number of halogens is 3. The highest BCUT2D eigenvalue weighted by molar-refractivity contribution is 6.07. The van der Waals surface area contributed by atoms with E-state index in [0.29, 0.717) is 29.7 Å². The maximum Gasteiger partial charge on any atom is 0.416 e. The molecule has 0 aliphatic carbocycles. The fourth-order valence-corrected chi connectivity index (χ4v) is 4.71. The van der Waals surface area contributed by atoms with Crippen LogP contribution in [0.4, 0.5) is 46.8 Å². The molecular weight excluding hydrogens is 547 g/mol. The molecule has 2 aromatic carbocycles. The summed E-state index contributed by atoms with van der Waals surface area (Å²) in [5.41, 5.74) is 3.75. The van der Waals surface area contributed by atoms with Crippen molar-refractivity contribution in [2.75, 3.05) is 27.0 Å². The number of carbonyl (C=O) groups excluding carboxylic acids is 2. The van der Waals surface area contributed by atoms with E-state index in [1.54, 1.807) is 34.2 Å². The third kappa shape index (κ3) is 5.73. The van der Waals surface area contributed by atoms with E-state index in [1.165, 1.54) is 12.1 Å². The van der Waals surface area contributed by atoms with Crippen LogP contribution in [-0.2, 0) is 12.7 Å². The number of anilines is 5. The van der Waals surface area contributed by atoms with Gasteiger partial charge < -0.3 is 10.6 Å². The second-order valence-corrected chi connectivity index (χ2v) is 9.90. The number of hydrogen-bond acceptors (Lipinski definition) is 6. The van der Waals surface area contributed by atoms with Crippen LogP contribution < -0.4 is 20.4 Å². The van der Waals surface area contributed by atoms with Crippen LogP contribution in [0.2, 0.25) is 0 Å². The number of aromatic nitrogens is 3. The molecule has 3 heterocycles. The summed E-state index contributed by atoms with van der Waals surface area (Å²) in [6.45, 7) is 7.98. The number of carbonyl (C=O) groups is 2. The van der Waals surface area contributed by atoms with E-state index < -0.39 is 17.6 Å². The van der Waals surface area contributed by atoms with Gasteiger partial charge in [0.1, 0.15) is 5.82 Å². The highest BCUT2D eigenvalue weighted by atomic mass is 19.4. The SMILES string of the molecule is CCN1C(=O)N(c2cc(NC(=O)c3cccc(C(F)(F)F)c3)ccc2C)Cc2cnc(Nc3ccc(C)nc3C)nc21. The standard InChI is InChI=1S/C30H28F3N7O2/c1-5-39-26-21(15-34-28(38-26)37-24-12-10-18(3)35-19(24)4)16-40(29(39)42)25-14-23(11-9-17(25)2)36-27(41)20-7-6-8-22(13-20)30(31,32)33/h6-15H,5,16H2,1-4H3,(H,36,41)(H,34,37,38). The summed E-state index contributed by atoms with van der Waals surface area (Å²) >= 11 is 0. The zero-order valence-corrected chi connectivity index (χ0v) is 23.4. The number of fused-ring (bicyclic) bond motifs is 1. The molecule has 1 aliphatic heterocycles. The average Bonchev–Trinajstić information content (AvgIpc) is 2.95. The van der Waals surface area contributed by atoms with Gasteiger partial charge in [-0.05, 0) is 75.7 Å². The van der Waals surface area contributed by atoms with Gasteiger partial charge in [-0.1, -0.05) is 12.1 Å². The van der Waals surface area contributed by atoms with Crippen LogP contribution in [0.15, 0.2) is 60.8 Å². The molecule has 0 saturated carbocycles. The number of rotatable bonds is 6. The molecule has 0 saturated heterocycles. The molecule has 5 rings (SSSR count). The number of hydrogen-bond donors (Lipinski definition) is 2. The molecule has 0 unspecified atom stereocenters. The highest BCUT2D eigenvalue weighted by Crippen LogP contribution is 2.34. The molecule has 0 spiro atoms. The monoisotopic (exact) mass is 575 g/mol. The molecule has 0 fully saturated rings. The zero-order chi connectivity index (χ0) is 30.2. The van der Waals surface area contributed by atoms with Crippen molar-refractivity contribution in [3.63, 3.8) is 0 Å². The van der Waals surface area contributed by atoms with Crippen LogP contribution in [0.25, 0.3) is 0 Å². The normalized spacial score (nSPS) is 13.2. The van der Waals surface area contributed by atoms with E-state index in [9.17, 15) is 22.8 Å². The van der Waals surface area contributed by atoms with E-state index >= 15 is 0 Å². The topological polar surface area (TPSA) is 103 Å². The van der Waals surface area contributed by atoms with Crippen LogP contribution in [0.3, 0.4) is 0 Å². The lowest BCUT2D eigenvalue weighted by molar-refractivity contribution is -0.137. The molecular formula is C30H28F3N7O2. The summed E-state index contributed by atoms with van der Waals surface area (Å²) in [5.74, 6) is 0.118. The number of nitrogens with one attached hydrogen (secondary N) is 2. The first-order valence-corrected chi connectivity index (χ1v) is 13.2. The molecule has 9 nitrogen and oxygen atoms in total. The quantitative estimate of drug-likeness (QED) is 0.263. The van der Waals surface area contributed by atoms with Gasteiger partial charge >= 0.3 is 12.2 Å². The number of nitrogens with zero attached hydrogens (tertiary/aromatic N) is 5. The molecule has 216 valence electrons. The molecule has 0 radical (unpaired) electrons. The minimum Gasteiger partial charge on any atom is -0.323 e. The molecule has 0 atom stereocenters. The van der Waals surface area contributed by atoms with Gasteiger partial charge in [-0.3, -0.25) is 19.6 Å². The largest absolute Gasteiger partial charge is 0.416 e. The van der Waals surface area contributed by atoms with Crippen molar-refractivity contribution in [3.05, 3.63) is 94.4 Å². The lowest BCUT2D eigenvalue weighted by Crippen LogP contribution is -2.48. The van der Waals surface area contributed by atoms with Gasteiger partial charge in [-0.25, -0.2) is 9.78 Å². The van der Waals surface area contributed by atoms with Crippen molar-refractivity contribution < 1.29 is 22.8 Å². The van der Waals surface area contributed by atoms with E-state index in [0.717, 1.165) is 40.3 Å². The first-order chi connectivity index (χ1) is 19.9. The molecule has 1 aliphatic rings. The van der Waals surface area contributed by atoms with Crippen molar-refractivity contribution in [1.29, 1.82) is 0 Å². The molecule has 0 bridgehead atoms. The van der Waals surface area contributed by atoms with E-state index in [1.807, 2.05) is 39.8 Å². The summed E-state index contributed by atoms with van der Waals surface area (Å²) in [6.07, 6.45) is -2.90. The predicted octanol–water partition coefficient (Wildman–Crippen LogP) is 6.78. The van der Waals surface area contributed by atoms with Crippen LogP contribution in [-0.4, -0.2) is 33.4 Å². The van der Waals surface area contributed by atoms with Gasteiger partial charge in [-0.2, -0.15) is 18.2 Å². The molecule has 2 N–H and O–H groups in total. The van der Waals surface area contributed by atoms with E-state index in [-0.39, 0.29) is 18.1 Å².